The van der Waals surface area contributed by atoms with E-state index >= 15 is 0 Å². The lowest BCUT2D eigenvalue weighted by atomic mass is 10.2. The van der Waals surface area contributed by atoms with Crippen molar-refractivity contribution in [3.05, 3.63) is 29.3 Å². The average molecular weight is 286 g/mol. The molecule has 1 aromatic rings. The molecule has 0 fully saturated rings. The van der Waals surface area contributed by atoms with Gasteiger partial charge in [-0.2, -0.15) is 0 Å². The van der Waals surface area contributed by atoms with Crippen molar-refractivity contribution < 1.29 is 9.84 Å². The van der Waals surface area contributed by atoms with E-state index in [9.17, 15) is 5.11 Å². The van der Waals surface area contributed by atoms with E-state index in [1.165, 1.54) is 19.3 Å². The fourth-order valence-corrected chi connectivity index (χ4v) is 1.93. The predicted octanol–water partition coefficient (Wildman–Crippen LogP) is 3.71. The van der Waals surface area contributed by atoms with Crippen molar-refractivity contribution >= 4 is 17.3 Å². The molecule has 4 heteroatoms. The molecule has 0 aliphatic rings. The molecule has 1 rings (SSSR count). The summed E-state index contributed by atoms with van der Waals surface area (Å²) in [5.74, 6) is 0. The summed E-state index contributed by atoms with van der Waals surface area (Å²) >= 11 is 5.88. The zero-order chi connectivity index (χ0) is 13.9. The van der Waals surface area contributed by atoms with Gasteiger partial charge in [0.25, 0.3) is 0 Å². The normalized spacial score (nSPS) is 12.4. The van der Waals surface area contributed by atoms with Gasteiger partial charge in [0.1, 0.15) is 0 Å². The van der Waals surface area contributed by atoms with Gasteiger partial charge in [0.2, 0.25) is 0 Å². The predicted molar refractivity (Wildman–Crippen MR) is 80.9 cm³/mol. The molecule has 0 aliphatic heterocycles. The van der Waals surface area contributed by atoms with Gasteiger partial charge in [-0.1, -0.05) is 43.9 Å². The van der Waals surface area contributed by atoms with Gasteiger partial charge in [0.05, 0.1) is 12.7 Å². The molecule has 3 nitrogen and oxygen atoms in total. The van der Waals surface area contributed by atoms with Crippen LogP contribution in [-0.2, 0) is 4.74 Å². The number of unbranched alkanes of at least 4 members (excludes halogenated alkanes) is 3. The van der Waals surface area contributed by atoms with Crippen molar-refractivity contribution in [1.82, 2.24) is 0 Å². The first kappa shape index (κ1) is 16.3. The number of nitrogens with one attached hydrogen (secondary N) is 1. The van der Waals surface area contributed by atoms with Gasteiger partial charge in [0, 0.05) is 23.9 Å². The second-order valence-corrected chi connectivity index (χ2v) is 5.12. The van der Waals surface area contributed by atoms with Gasteiger partial charge in [0.15, 0.2) is 0 Å². The summed E-state index contributed by atoms with van der Waals surface area (Å²) in [6.45, 7) is 3.76. The third-order valence-corrected chi connectivity index (χ3v) is 3.05. The van der Waals surface area contributed by atoms with Crippen LogP contribution >= 0.6 is 11.6 Å². The summed E-state index contributed by atoms with van der Waals surface area (Å²) < 4.78 is 5.44. The highest BCUT2D eigenvalue weighted by Crippen LogP contribution is 2.14. The summed E-state index contributed by atoms with van der Waals surface area (Å²) in [5, 5.41) is 13.6. The lowest BCUT2D eigenvalue weighted by molar-refractivity contribution is 0.0417. The highest BCUT2D eigenvalue weighted by molar-refractivity contribution is 6.30. The standard InChI is InChI=1S/C15H24ClNO2/c1-2-3-4-5-9-19-12-15(18)11-17-14-8-6-7-13(16)10-14/h6-8,10,15,17-18H,2-5,9,11-12H2,1H3. The van der Waals surface area contributed by atoms with E-state index in [4.69, 9.17) is 16.3 Å². The first-order chi connectivity index (χ1) is 9.22. The molecule has 0 aliphatic carbocycles. The Morgan fingerprint density at radius 2 is 2.16 bits per heavy atom. The first-order valence-corrected chi connectivity index (χ1v) is 7.35. The van der Waals surface area contributed by atoms with Crippen LogP contribution in [0.3, 0.4) is 0 Å². The van der Waals surface area contributed by atoms with E-state index in [0.29, 0.717) is 18.2 Å². The fourth-order valence-electron chi connectivity index (χ4n) is 1.74. The Hall–Kier alpha value is -0.770. The number of aliphatic hydroxyl groups is 1. The minimum Gasteiger partial charge on any atom is -0.389 e. The molecule has 0 saturated carbocycles. The molecule has 0 spiro atoms. The van der Waals surface area contributed by atoms with Gasteiger partial charge in [-0.15, -0.1) is 0 Å². The molecule has 0 aromatic heterocycles. The lowest BCUT2D eigenvalue weighted by Gasteiger charge is -2.13. The van der Waals surface area contributed by atoms with Crippen LogP contribution in [0.2, 0.25) is 5.02 Å². The Labute approximate surface area is 120 Å². The number of rotatable bonds is 10. The van der Waals surface area contributed by atoms with E-state index in [2.05, 4.69) is 12.2 Å². The van der Waals surface area contributed by atoms with E-state index < -0.39 is 6.10 Å². The molecule has 1 unspecified atom stereocenters. The van der Waals surface area contributed by atoms with Gasteiger partial charge in [-0.3, -0.25) is 0 Å². The van der Waals surface area contributed by atoms with Crippen LogP contribution < -0.4 is 5.32 Å². The molecule has 0 saturated heterocycles. The van der Waals surface area contributed by atoms with Crippen molar-refractivity contribution in [2.24, 2.45) is 0 Å². The SMILES string of the molecule is CCCCCCOCC(O)CNc1cccc(Cl)c1. The molecule has 19 heavy (non-hydrogen) atoms. The van der Waals surface area contributed by atoms with E-state index in [1.807, 2.05) is 24.3 Å². The molecule has 0 bridgehead atoms. The minimum absolute atomic E-state index is 0.375. The van der Waals surface area contributed by atoms with E-state index in [1.54, 1.807) is 0 Å². The summed E-state index contributed by atoms with van der Waals surface area (Å²) in [6, 6.07) is 7.45. The molecular weight excluding hydrogens is 262 g/mol. The van der Waals surface area contributed by atoms with E-state index in [-0.39, 0.29) is 0 Å². The monoisotopic (exact) mass is 285 g/mol. The maximum absolute atomic E-state index is 9.76. The minimum atomic E-state index is -0.495. The van der Waals surface area contributed by atoms with Crippen LogP contribution in [0, 0.1) is 0 Å². The smallest absolute Gasteiger partial charge is 0.0945 e. The molecule has 2 N–H and O–H groups in total. The number of hydrogen-bond acceptors (Lipinski definition) is 3. The van der Waals surface area contributed by atoms with Gasteiger partial charge < -0.3 is 15.2 Å². The van der Waals surface area contributed by atoms with Gasteiger partial charge in [-0.25, -0.2) is 0 Å². The quantitative estimate of drug-likeness (QED) is 0.644. The first-order valence-electron chi connectivity index (χ1n) is 6.97. The summed E-state index contributed by atoms with van der Waals surface area (Å²) in [6.07, 6.45) is 4.26. The zero-order valence-corrected chi connectivity index (χ0v) is 12.3. The number of anilines is 1. The van der Waals surface area contributed by atoms with Crippen LogP contribution in [-0.4, -0.2) is 31.0 Å². The maximum atomic E-state index is 9.76. The van der Waals surface area contributed by atoms with Crippen molar-refractivity contribution in [3.63, 3.8) is 0 Å². The second-order valence-electron chi connectivity index (χ2n) is 4.68. The Bertz CT molecular complexity index is 347. The number of aliphatic hydroxyl groups excluding tert-OH is 1. The van der Waals surface area contributed by atoms with Gasteiger partial charge in [-0.05, 0) is 24.6 Å². The Morgan fingerprint density at radius 3 is 2.89 bits per heavy atom. The Kier molecular flexibility index (Phi) is 8.63. The second kappa shape index (κ2) is 10.1. The van der Waals surface area contributed by atoms with E-state index in [0.717, 1.165) is 18.7 Å². The number of ether oxygens (including phenoxy) is 1. The Balaban J connectivity index is 2.06. The highest BCUT2D eigenvalue weighted by atomic mass is 35.5. The summed E-state index contributed by atoms with van der Waals surface area (Å²) in [4.78, 5) is 0. The van der Waals surface area contributed by atoms with Gasteiger partial charge >= 0.3 is 0 Å². The number of halogens is 1. The molecule has 0 amide bonds. The maximum Gasteiger partial charge on any atom is 0.0945 e. The summed E-state index contributed by atoms with van der Waals surface area (Å²) in [7, 11) is 0. The molecule has 1 atom stereocenters. The third-order valence-electron chi connectivity index (χ3n) is 2.82. The average Bonchev–Trinajstić information content (AvgIpc) is 2.40. The van der Waals surface area contributed by atoms with Crippen LogP contribution in [0.1, 0.15) is 32.6 Å². The zero-order valence-electron chi connectivity index (χ0n) is 11.6. The van der Waals surface area contributed by atoms with Crippen molar-refractivity contribution in [3.8, 4) is 0 Å². The number of hydrogen-bond donors (Lipinski definition) is 2. The molecule has 0 heterocycles. The van der Waals surface area contributed by atoms with Crippen molar-refractivity contribution in [2.45, 2.75) is 38.7 Å². The third kappa shape index (κ3) is 8.09. The molecule has 0 radical (unpaired) electrons. The van der Waals surface area contributed by atoms with Crippen molar-refractivity contribution in [2.75, 3.05) is 25.1 Å². The molecule has 1 aromatic carbocycles. The molecule has 108 valence electrons. The highest BCUT2D eigenvalue weighted by Gasteiger charge is 2.04. The largest absolute Gasteiger partial charge is 0.389 e. The van der Waals surface area contributed by atoms with Crippen LogP contribution in [0.4, 0.5) is 5.69 Å². The topological polar surface area (TPSA) is 41.5 Å². The fraction of sp³-hybridized carbons (Fsp3) is 0.600. The van der Waals surface area contributed by atoms with Crippen LogP contribution in [0.5, 0.6) is 0 Å². The van der Waals surface area contributed by atoms with Crippen LogP contribution in [0.15, 0.2) is 24.3 Å². The Morgan fingerprint density at radius 1 is 1.32 bits per heavy atom. The van der Waals surface area contributed by atoms with Crippen LogP contribution in [0.25, 0.3) is 0 Å². The van der Waals surface area contributed by atoms with Crippen molar-refractivity contribution in [1.29, 1.82) is 0 Å². The number of benzene rings is 1. The molecular formula is C15H24ClNO2. The summed E-state index contributed by atoms with van der Waals surface area (Å²) in [5.41, 5.74) is 0.912. The lowest BCUT2D eigenvalue weighted by Crippen LogP contribution is -2.25.